The highest BCUT2D eigenvalue weighted by Gasteiger charge is 2.36. The summed E-state index contributed by atoms with van der Waals surface area (Å²) in [6.45, 7) is 4.82. The lowest BCUT2D eigenvalue weighted by Crippen LogP contribution is -2.15. The zero-order valence-electron chi connectivity index (χ0n) is 38.2. The minimum atomic E-state index is -0.245. The van der Waals surface area contributed by atoms with Crippen molar-refractivity contribution >= 4 is 66.3 Å². The van der Waals surface area contributed by atoms with E-state index in [4.69, 9.17) is 23.2 Å². The van der Waals surface area contributed by atoms with Gasteiger partial charge in [-0.2, -0.15) is 0 Å². The van der Waals surface area contributed by atoms with E-state index in [1.54, 1.807) is 0 Å². The Bertz CT molecular complexity index is 3630. The molecule has 69 heavy (non-hydrogen) atoms. The molecule has 0 bridgehead atoms. The van der Waals surface area contributed by atoms with Crippen LogP contribution in [-0.4, -0.2) is 0 Å². The first-order valence-electron chi connectivity index (χ1n) is 23.7. The summed E-state index contributed by atoms with van der Waals surface area (Å²) in [6, 6.07) is 84.4. The van der Waals surface area contributed by atoms with Crippen LogP contribution in [0.1, 0.15) is 25.0 Å². The topological polar surface area (TPSA) is 0 Å². The molecule has 13 rings (SSSR count). The van der Waals surface area contributed by atoms with Crippen molar-refractivity contribution in [2.45, 2.75) is 19.3 Å². The summed E-state index contributed by atoms with van der Waals surface area (Å²) in [6.07, 6.45) is 0. The van der Waals surface area contributed by atoms with E-state index < -0.39 is 0 Å². The van der Waals surface area contributed by atoms with Crippen molar-refractivity contribution in [1.29, 1.82) is 0 Å². The third kappa shape index (κ3) is 6.74. The minimum absolute atomic E-state index is 0.245. The normalized spacial score (nSPS) is 12.8. The summed E-state index contributed by atoms with van der Waals surface area (Å²) < 4.78 is 0. The molecule has 12 aromatic carbocycles. The molecule has 0 saturated carbocycles. The molecule has 0 nitrogen and oxygen atoms in total. The predicted octanol–water partition coefficient (Wildman–Crippen LogP) is 19.9. The Morgan fingerprint density at radius 1 is 0.246 bits per heavy atom. The van der Waals surface area contributed by atoms with Gasteiger partial charge in [-0.05, 0) is 169 Å². The van der Waals surface area contributed by atoms with Crippen LogP contribution in [0.25, 0.3) is 121 Å². The van der Waals surface area contributed by atoms with E-state index >= 15 is 0 Å². The molecule has 0 unspecified atom stereocenters. The molecule has 0 heterocycles. The fourth-order valence-corrected chi connectivity index (χ4v) is 11.7. The quantitative estimate of drug-likeness (QED) is 0.146. The van der Waals surface area contributed by atoms with Gasteiger partial charge in [-0.15, -0.1) is 0 Å². The van der Waals surface area contributed by atoms with Crippen LogP contribution in [-0.2, 0) is 5.41 Å². The minimum Gasteiger partial charge on any atom is -0.0843 e. The van der Waals surface area contributed by atoms with E-state index in [9.17, 15) is 0 Å². The van der Waals surface area contributed by atoms with Gasteiger partial charge in [0.2, 0.25) is 0 Å². The predicted molar refractivity (Wildman–Crippen MR) is 297 cm³/mol. The van der Waals surface area contributed by atoms with Crippen molar-refractivity contribution in [3.05, 3.63) is 252 Å². The van der Waals surface area contributed by atoms with Crippen molar-refractivity contribution < 1.29 is 0 Å². The lowest BCUT2D eigenvalue weighted by molar-refractivity contribution is 0.661. The summed E-state index contributed by atoms with van der Waals surface area (Å²) in [5, 5.41) is 11.5. The van der Waals surface area contributed by atoms with Gasteiger partial charge in [0.05, 0.1) is 0 Å². The number of hydrogen-bond donors (Lipinski definition) is 0. The summed E-state index contributed by atoms with van der Waals surface area (Å²) in [5.74, 6) is 0. The van der Waals surface area contributed by atoms with Crippen LogP contribution in [0.4, 0.5) is 0 Å². The van der Waals surface area contributed by atoms with Gasteiger partial charge in [0.15, 0.2) is 0 Å². The van der Waals surface area contributed by atoms with E-state index in [-0.39, 0.29) is 5.41 Å². The Labute approximate surface area is 412 Å². The fraction of sp³-hybridized carbons (Fsp3) is 0.0448. The second-order valence-corrected chi connectivity index (χ2v) is 19.9. The standard InChI is InChI=1S/C67H44Cl2/c1-67(2)61-39-47(65-57-15-7-3-11-53(57)63(54-12-4-8-16-58(54)65)45-23-19-41(20-24-45)43-27-33-49(68)34-28-43)31-37-51(61)52-38-32-48(40-62(52)67)66-59-17-9-5-13-55(59)64(56-14-6-10-18-60(56)66)46-25-21-42(22-26-46)44-29-35-50(69)36-30-44/h3-40H,1-2H3. The van der Waals surface area contributed by atoms with Crippen LogP contribution in [0.2, 0.25) is 10.0 Å². The average molecular weight is 920 g/mol. The second-order valence-electron chi connectivity index (χ2n) is 19.0. The molecule has 1 aliphatic rings. The summed E-state index contributed by atoms with van der Waals surface area (Å²) in [4.78, 5) is 0. The Balaban J connectivity index is 0.917. The van der Waals surface area contributed by atoms with Gasteiger partial charge in [-0.3, -0.25) is 0 Å². The van der Waals surface area contributed by atoms with Gasteiger partial charge in [0.25, 0.3) is 0 Å². The maximum atomic E-state index is 6.23. The Kier molecular flexibility index (Phi) is 9.74. The van der Waals surface area contributed by atoms with Crippen LogP contribution in [0, 0.1) is 0 Å². The molecule has 326 valence electrons. The van der Waals surface area contributed by atoms with E-state index in [0.717, 1.165) is 21.2 Å². The van der Waals surface area contributed by atoms with Gasteiger partial charge in [0, 0.05) is 15.5 Å². The Hall–Kier alpha value is -7.74. The monoisotopic (exact) mass is 918 g/mol. The molecule has 0 saturated heterocycles. The fourth-order valence-electron chi connectivity index (χ4n) is 11.5. The molecule has 0 spiro atoms. The first kappa shape index (κ1) is 41.4. The number of rotatable bonds is 6. The second kappa shape index (κ2) is 16.2. The van der Waals surface area contributed by atoms with E-state index in [1.165, 1.54) is 121 Å². The van der Waals surface area contributed by atoms with Crippen LogP contribution < -0.4 is 0 Å². The van der Waals surface area contributed by atoms with Crippen molar-refractivity contribution in [1.82, 2.24) is 0 Å². The largest absolute Gasteiger partial charge is 0.0843 e. The van der Waals surface area contributed by atoms with Gasteiger partial charge >= 0.3 is 0 Å². The van der Waals surface area contributed by atoms with Crippen LogP contribution in [0.5, 0.6) is 0 Å². The molecular formula is C67H44Cl2. The number of hydrogen-bond acceptors (Lipinski definition) is 0. The lowest BCUT2D eigenvalue weighted by Gasteiger charge is -2.24. The van der Waals surface area contributed by atoms with Crippen LogP contribution in [0.3, 0.4) is 0 Å². The zero-order valence-corrected chi connectivity index (χ0v) is 39.7. The third-order valence-corrected chi connectivity index (χ3v) is 15.3. The summed E-state index contributed by atoms with van der Waals surface area (Å²) in [5.41, 5.74) is 19.7. The highest BCUT2D eigenvalue weighted by Crippen LogP contribution is 2.53. The summed E-state index contributed by atoms with van der Waals surface area (Å²) in [7, 11) is 0. The lowest BCUT2D eigenvalue weighted by atomic mass is 9.79. The molecular weight excluding hydrogens is 876 g/mol. The van der Waals surface area contributed by atoms with Crippen molar-refractivity contribution in [2.75, 3.05) is 0 Å². The maximum Gasteiger partial charge on any atom is 0.0406 e. The smallest absolute Gasteiger partial charge is 0.0406 e. The van der Waals surface area contributed by atoms with E-state index in [1.807, 2.05) is 24.3 Å². The maximum absolute atomic E-state index is 6.23. The SMILES string of the molecule is CC1(C)c2cc(-c3c4ccccc4c(-c4ccc(-c5ccc(Cl)cc5)cc4)c4ccccc34)ccc2-c2ccc(-c3c4ccccc4c(-c4ccc(-c5ccc(Cl)cc5)cc4)c4ccccc34)cc21. The van der Waals surface area contributed by atoms with Gasteiger partial charge in [0.1, 0.15) is 0 Å². The van der Waals surface area contributed by atoms with Gasteiger partial charge in [-0.1, -0.05) is 231 Å². The first-order chi connectivity index (χ1) is 33.8. The van der Waals surface area contributed by atoms with Crippen molar-refractivity contribution in [3.63, 3.8) is 0 Å². The Morgan fingerprint density at radius 2 is 0.464 bits per heavy atom. The van der Waals surface area contributed by atoms with E-state index in [2.05, 4.69) is 220 Å². The zero-order chi connectivity index (χ0) is 46.4. The molecule has 12 aromatic rings. The molecule has 1 aliphatic carbocycles. The number of halogens is 2. The molecule has 0 radical (unpaired) electrons. The molecule has 0 fully saturated rings. The van der Waals surface area contributed by atoms with Crippen molar-refractivity contribution in [3.8, 4) is 77.9 Å². The van der Waals surface area contributed by atoms with Crippen molar-refractivity contribution in [2.24, 2.45) is 0 Å². The summed E-state index contributed by atoms with van der Waals surface area (Å²) >= 11 is 12.5. The van der Waals surface area contributed by atoms with Crippen LogP contribution in [0.15, 0.2) is 231 Å². The van der Waals surface area contributed by atoms with Crippen LogP contribution >= 0.6 is 23.2 Å². The number of fused-ring (bicyclic) bond motifs is 7. The molecule has 2 heteroatoms. The van der Waals surface area contributed by atoms with Gasteiger partial charge in [-0.25, -0.2) is 0 Å². The Morgan fingerprint density at radius 3 is 0.739 bits per heavy atom. The highest BCUT2D eigenvalue weighted by atomic mass is 35.5. The molecule has 0 amide bonds. The number of benzene rings is 12. The molecule has 0 atom stereocenters. The average Bonchev–Trinajstić information content (AvgIpc) is 3.62. The van der Waals surface area contributed by atoms with Gasteiger partial charge < -0.3 is 0 Å². The molecule has 0 aliphatic heterocycles. The first-order valence-corrected chi connectivity index (χ1v) is 24.5. The highest BCUT2D eigenvalue weighted by molar-refractivity contribution is 6.31. The molecule has 0 N–H and O–H groups in total. The third-order valence-electron chi connectivity index (χ3n) is 14.8. The van der Waals surface area contributed by atoms with E-state index in [0.29, 0.717) is 0 Å². The molecule has 0 aromatic heterocycles.